The van der Waals surface area contributed by atoms with E-state index in [0.717, 1.165) is 24.8 Å². The molecule has 0 aliphatic rings. The number of carbonyl (C=O) groups excluding carboxylic acids is 1. The number of amides is 1. The third-order valence-electron chi connectivity index (χ3n) is 2.36. The van der Waals surface area contributed by atoms with Crippen LogP contribution >= 0.6 is 16.1 Å². The molecule has 1 atom stereocenters. The average molecular weight is 308 g/mol. The molecule has 0 aliphatic carbocycles. The monoisotopic (exact) mass is 307 g/mol. The summed E-state index contributed by atoms with van der Waals surface area (Å²) in [6.45, 7) is 9.19. The van der Waals surface area contributed by atoms with Gasteiger partial charge in [-0.15, -0.1) is 0 Å². The number of methoxy groups -OCH3 is 1. The molecule has 0 heterocycles. The summed E-state index contributed by atoms with van der Waals surface area (Å²) in [5.41, 5.74) is 1.05. The zero-order valence-electron chi connectivity index (χ0n) is 10.9. The molecule has 0 bridgehead atoms. The van der Waals surface area contributed by atoms with E-state index in [9.17, 15) is 4.79 Å². The average Bonchev–Trinajstić information content (AvgIpc) is 2.31. The van der Waals surface area contributed by atoms with Crippen LogP contribution in [0, 0.1) is 0 Å². The number of carbonyl (C=O) groups is 1. The number of nitrogens with zero attached hydrogens (tertiary/aromatic N) is 1. The molecule has 1 amide bonds. The van der Waals surface area contributed by atoms with Crippen molar-refractivity contribution in [2.24, 2.45) is 0 Å². The molecular weight excluding hydrogens is 286 g/mol. The molecule has 1 unspecified atom stereocenters. The normalized spacial score (nSPS) is 12.0. The Morgan fingerprint density at radius 1 is 1.47 bits per heavy atom. The smallest absolute Gasteiger partial charge is 0.419 e. The molecule has 0 N–H and O–H groups in total. The van der Waals surface area contributed by atoms with Crippen molar-refractivity contribution in [3.05, 3.63) is 12.2 Å². The predicted molar refractivity (Wildman–Crippen MR) is 72.1 cm³/mol. The molecule has 4 nitrogen and oxygen atoms in total. The Morgan fingerprint density at radius 2 is 2.12 bits per heavy atom. The van der Waals surface area contributed by atoms with Gasteiger partial charge >= 0.3 is 6.09 Å². The fourth-order valence-corrected chi connectivity index (χ4v) is 1.84. The Labute approximate surface area is 112 Å². The van der Waals surface area contributed by atoms with E-state index >= 15 is 0 Å². The number of ether oxygens (including phenoxy) is 2. The lowest BCUT2D eigenvalue weighted by molar-refractivity contribution is 0.0803. The van der Waals surface area contributed by atoms with Gasteiger partial charge in [-0.2, -0.15) is 0 Å². The van der Waals surface area contributed by atoms with Gasteiger partial charge in [0, 0.05) is 13.2 Å². The largest absolute Gasteiger partial charge is 0.452 e. The summed E-state index contributed by atoms with van der Waals surface area (Å²) in [7, 11) is 1.36. The molecule has 0 radical (unpaired) electrons. The van der Waals surface area contributed by atoms with Gasteiger partial charge in [-0.3, -0.25) is 0 Å². The molecule has 5 heteroatoms. The van der Waals surface area contributed by atoms with E-state index in [1.54, 1.807) is 0 Å². The number of hydrogen-bond acceptors (Lipinski definition) is 3. The summed E-state index contributed by atoms with van der Waals surface area (Å²) in [6.07, 6.45) is 2.58. The first-order valence-electron chi connectivity index (χ1n) is 5.81. The lowest BCUT2D eigenvalue weighted by atomic mass is 10.1. The maximum absolute atomic E-state index is 11.1. The van der Waals surface area contributed by atoms with Crippen molar-refractivity contribution in [1.29, 1.82) is 0 Å². The lowest BCUT2D eigenvalue weighted by Gasteiger charge is -2.17. The van der Waals surface area contributed by atoms with E-state index in [1.807, 2.05) is 13.8 Å². The first-order chi connectivity index (χ1) is 8.02. The third kappa shape index (κ3) is 7.39. The van der Waals surface area contributed by atoms with Crippen molar-refractivity contribution in [1.82, 2.24) is 3.93 Å². The molecule has 0 rings (SSSR count). The molecule has 17 heavy (non-hydrogen) atoms. The van der Waals surface area contributed by atoms with Crippen LogP contribution in [0.5, 0.6) is 0 Å². The SMILES string of the molecule is C=C(C)C(CCCCN(Br)C(=O)OC)OCC. The molecule has 0 aromatic rings. The molecule has 0 aliphatic heterocycles. The van der Waals surface area contributed by atoms with Gasteiger partial charge in [-0.25, -0.2) is 8.72 Å². The number of unbranched alkanes of at least 4 members (excludes halogenated alkanes) is 1. The second-order valence-electron chi connectivity index (χ2n) is 3.84. The molecular formula is C12H22BrNO3. The van der Waals surface area contributed by atoms with Crippen molar-refractivity contribution in [3.8, 4) is 0 Å². The highest BCUT2D eigenvalue weighted by Crippen LogP contribution is 2.13. The fraction of sp³-hybridized carbons (Fsp3) is 0.750. The Bertz CT molecular complexity index is 246. The minimum Gasteiger partial charge on any atom is -0.452 e. The summed E-state index contributed by atoms with van der Waals surface area (Å²) in [5.74, 6) is 0. The molecule has 100 valence electrons. The first-order valence-corrected chi connectivity index (χ1v) is 6.52. The molecule has 0 aromatic heterocycles. The van der Waals surface area contributed by atoms with Crippen LogP contribution in [0.1, 0.15) is 33.1 Å². The second-order valence-corrected chi connectivity index (χ2v) is 4.70. The van der Waals surface area contributed by atoms with Crippen molar-refractivity contribution < 1.29 is 14.3 Å². The molecule has 0 saturated carbocycles. The molecule has 0 spiro atoms. The predicted octanol–water partition coefficient (Wildman–Crippen LogP) is 3.52. The summed E-state index contributed by atoms with van der Waals surface area (Å²) in [4.78, 5) is 11.1. The van der Waals surface area contributed by atoms with Crippen LogP contribution in [-0.2, 0) is 9.47 Å². The summed E-state index contributed by atoms with van der Waals surface area (Å²) >= 11 is 3.14. The van der Waals surface area contributed by atoms with Gasteiger partial charge in [0.05, 0.1) is 29.4 Å². The quantitative estimate of drug-likeness (QED) is 0.391. The van der Waals surface area contributed by atoms with Crippen molar-refractivity contribution in [3.63, 3.8) is 0 Å². The Morgan fingerprint density at radius 3 is 2.59 bits per heavy atom. The summed E-state index contributed by atoms with van der Waals surface area (Å²) in [5, 5.41) is 0. The van der Waals surface area contributed by atoms with Crippen LogP contribution in [0.4, 0.5) is 4.79 Å². The van der Waals surface area contributed by atoms with Gasteiger partial charge in [-0.05, 0) is 33.1 Å². The van der Waals surface area contributed by atoms with Gasteiger partial charge in [0.1, 0.15) is 0 Å². The van der Waals surface area contributed by atoms with Gasteiger partial charge in [-0.1, -0.05) is 12.2 Å². The second kappa shape index (κ2) is 9.48. The minimum atomic E-state index is -0.369. The zero-order valence-corrected chi connectivity index (χ0v) is 12.5. The number of rotatable bonds is 8. The topological polar surface area (TPSA) is 38.8 Å². The lowest BCUT2D eigenvalue weighted by Crippen LogP contribution is -2.22. The van der Waals surface area contributed by atoms with Gasteiger partial charge in [0.25, 0.3) is 0 Å². The first kappa shape index (κ1) is 16.4. The van der Waals surface area contributed by atoms with Gasteiger partial charge in [0.2, 0.25) is 0 Å². The highest BCUT2D eigenvalue weighted by Gasteiger charge is 2.11. The minimum absolute atomic E-state index is 0.127. The van der Waals surface area contributed by atoms with Crippen LogP contribution in [0.15, 0.2) is 12.2 Å². The van der Waals surface area contributed by atoms with Crippen LogP contribution in [0.25, 0.3) is 0 Å². The van der Waals surface area contributed by atoms with Crippen LogP contribution < -0.4 is 0 Å². The highest BCUT2D eigenvalue weighted by atomic mass is 79.9. The van der Waals surface area contributed by atoms with E-state index < -0.39 is 0 Å². The molecule has 0 aromatic carbocycles. The van der Waals surface area contributed by atoms with E-state index in [0.29, 0.717) is 13.2 Å². The van der Waals surface area contributed by atoms with Crippen LogP contribution in [-0.4, -0.2) is 36.4 Å². The standard InChI is InChI=1S/C12H22BrNO3/c1-5-17-11(10(2)3)8-6-7-9-14(13)12(15)16-4/h11H,2,5-9H2,1,3-4H3. The van der Waals surface area contributed by atoms with Crippen LogP contribution in [0.2, 0.25) is 0 Å². The Hall–Kier alpha value is -0.550. The van der Waals surface area contributed by atoms with E-state index in [-0.39, 0.29) is 12.2 Å². The molecule has 0 fully saturated rings. The highest BCUT2D eigenvalue weighted by molar-refractivity contribution is 9.07. The summed E-state index contributed by atoms with van der Waals surface area (Å²) < 4.78 is 11.5. The maximum Gasteiger partial charge on any atom is 0.419 e. The van der Waals surface area contributed by atoms with Gasteiger partial charge in [0.15, 0.2) is 0 Å². The fourth-order valence-electron chi connectivity index (χ4n) is 1.44. The van der Waals surface area contributed by atoms with E-state index in [2.05, 4.69) is 27.5 Å². The van der Waals surface area contributed by atoms with Crippen molar-refractivity contribution >= 4 is 22.2 Å². The van der Waals surface area contributed by atoms with Gasteiger partial charge < -0.3 is 9.47 Å². The molecule has 0 saturated heterocycles. The summed E-state index contributed by atoms with van der Waals surface area (Å²) in [6, 6.07) is 0. The maximum atomic E-state index is 11.1. The zero-order chi connectivity index (χ0) is 13.3. The Kier molecular flexibility index (Phi) is 9.17. The Balaban J connectivity index is 3.75. The van der Waals surface area contributed by atoms with Crippen molar-refractivity contribution in [2.75, 3.05) is 20.3 Å². The van der Waals surface area contributed by atoms with E-state index in [1.165, 1.54) is 11.0 Å². The number of halogens is 1. The van der Waals surface area contributed by atoms with Crippen LogP contribution in [0.3, 0.4) is 0 Å². The third-order valence-corrected chi connectivity index (χ3v) is 3.01. The van der Waals surface area contributed by atoms with Crippen molar-refractivity contribution in [2.45, 2.75) is 39.2 Å². The van der Waals surface area contributed by atoms with E-state index in [4.69, 9.17) is 4.74 Å². The number of hydrogen-bond donors (Lipinski definition) is 0.